The van der Waals surface area contributed by atoms with Crippen LogP contribution in [-0.4, -0.2) is 16.5 Å². The molecule has 3 nitrogen and oxygen atoms in total. The SMILES string of the molecule is CCCCCCCCCCNc1cc(Cl)nc(C(C)C)n1. The second-order valence-corrected chi connectivity index (χ2v) is 6.38. The lowest BCUT2D eigenvalue weighted by atomic mass is 10.1. The fourth-order valence-electron chi connectivity index (χ4n) is 2.26. The van der Waals surface area contributed by atoms with Crippen molar-refractivity contribution < 1.29 is 0 Å². The number of nitrogens with zero attached hydrogens (tertiary/aromatic N) is 2. The molecule has 0 aliphatic rings. The van der Waals surface area contributed by atoms with Gasteiger partial charge in [-0.25, -0.2) is 9.97 Å². The Balaban J connectivity index is 2.15. The molecule has 0 amide bonds. The van der Waals surface area contributed by atoms with E-state index in [1.807, 2.05) is 0 Å². The highest BCUT2D eigenvalue weighted by atomic mass is 35.5. The Morgan fingerprint density at radius 1 is 1.00 bits per heavy atom. The Morgan fingerprint density at radius 3 is 2.24 bits per heavy atom. The van der Waals surface area contributed by atoms with E-state index in [0.29, 0.717) is 11.1 Å². The standard InChI is InChI=1S/C17H30ClN3/c1-4-5-6-7-8-9-10-11-12-19-16-13-15(18)20-17(21-16)14(2)3/h13-14H,4-12H2,1-3H3,(H,19,20,21). The summed E-state index contributed by atoms with van der Waals surface area (Å²) in [5.74, 6) is 1.95. The van der Waals surface area contributed by atoms with Crippen molar-refractivity contribution in [2.75, 3.05) is 11.9 Å². The van der Waals surface area contributed by atoms with Gasteiger partial charge in [0.25, 0.3) is 0 Å². The average Bonchev–Trinajstić information content (AvgIpc) is 2.45. The lowest BCUT2D eigenvalue weighted by Crippen LogP contribution is -2.07. The quantitative estimate of drug-likeness (QED) is 0.414. The second-order valence-electron chi connectivity index (χ2n) is 5.99. The Labute approximate surface area is 134 Å². The third-order valence-corrected chi connectivity index (χ3v) is 3.76. The lowest BCUT2D eigenvalue weighted by Gasteiger charge is -2.09. The monoisotopic (exact) mass is 311 g/mol. The zero-order chi connectivity index (χ0) is 15.5. The van der Waals surface area contributed by atoms with Gasteiger partial charge in [0.2, 0.25) is 0 Å². The number of rotatable bonds is 11. The van der Waals surface area contributed by atoms with E-state index in [1.165, 1.54) is 51.4 Å². The maximum Gasteiger partial charge on any atom is 0.135 e. The van der Waals surface area contributed by atoms with Crippen LogP contribution in [0.15, 0.2) is 6.07 Å². The van der Waals surface area contributed by atoms with Crippen molar-refractivity contribution in [3.63, 3.8) is 0 Å². The van der Waals surface area contributed by atoms with E-state index in [0.717, 1.165) is 18.2 Å². The molecule has 120 valence electrons. The van der Waals surface area contributed by atoms with Crippen molar-refractivity contribution >= 4 is 17.4 Å². The zero-order valence-electron chi connectivity index (χ0n) is 13.8. The molecule has 21 heavy (non-hydrogen) atoms. The van der Waals surface area contributed by atoms with Gasteiger partial charge in [0, 0.05) is 18.5 Å². The molecule has 0 unspecified atom stereocenters. The van der Waals surface area contributed by atoms with E-state index in [2.05, 4.69) is 36.1 Å². The Hall–Kier alpha value is -0.830. The Bertz CT molecular complexity index is 394. The largest absolute Gasteiger partial charge is 0.370 e. The molecule has 0 saturated carbocycles. The molecule has 0 saturated heterocycles. The molecule has 0 spiro atoms. The molecule has 1 heterocycles. The predicted octanol–water partition coefficient (Wildman–Crippen LogP) is 5.81. The number of hydrogen-bond acceptors (Lipinski definition) is 3. The molecule has 1 aromatic rings. The van der Waals surface area contributed by atoms with Crippen molar-refractivity contribution in [3.05, 3.63) is 17.0 Å². The summed E-state index contributed by atoms with van der Waals surface area (Å²) < 4.78 is 0. The highest BCUT2D eigenvalue weighted by Gasteiger charge is 2.06. The highest BCUT2D eigenvalue weighted by Crippen LogP contribution is 2.17. The van der Waals surface area contributed by atoms with E-state index in [1.54, 1.807) is 6.07 Å². The summed E-state index contributed by atoms with van der Waals surface area (Å²) >= 11 is 6.03. The number of hydrogen-bond donors (Lipinski definition) is 1. The fraction of sp³-hybridized carbons (Fsp3) is 0.765. The van der Waals surface area contributed by atoms with Crippen LogP contribution >= 0.6 is 11.6 Å². The van der Waals surface area contributed by atoms with Gasteiger partial charge in [-0.05, 0) is 6.42 Å². The number of unbranched alkanes of at least 4 members (excludes halogenated alkanes) is 7. The first kappa shape index (κ1) is 18.2. The van der Waals surface area contributed by atoms with Gasteiger partial charge < -0.3 is 5.32 Å². The third kappa shape index (κ3) is 8.25. The molecule has 0 aliphatic carbocycles. The molecule has 4 heteroatoms. The minimum atomic E-state index is 0.298. The first-order valence-corrected chi connectivity index (χ1v) is 8.79. The first-order valence-electron chi connectivity index (χ1n) is 8.41. The third-order valence-electron chi connectivity index (χ3n) is 3.57. The normalized spacial score (nSPS) is 11.1. The summed E-state index contributed by atoms with van der Waals surface area (Å²) in [7, 11) is 0. The second kappa shape index (κ2) is 10.8. The van der Waals surface area contributed by atoms with Gasteiger partial charge in [-0.1, -0.05) is 77.3 Å². The van der Waals surface area contributed by atoms with E-state index in [4.69, 9.17) is 11.6 Å². The molecule has 0 radical (unpaired) electrons. The van der Waals surface area contributed by atoms with E-state index in [9.17, 15) is 0 Å². The topological polar surface area (TPSA) is 37.8 Å². The molecule has 0 aromatic carbocycles. The van der Waals surface area contributed by atoms with Crippen LogP contribution in [0.25, 0.3) is 0 Å². The first-order chi connectivity index (χ1) is 10.1. The lowest BCUT2D eigenvalue weighted by molar-refractivity contribution is 0.581. The Morgan fingerprint density at radius 2 is 1.62 bits per heavy atom. The van der Waals surface area contributed by atoms with E-state index < -0.39 is 0 Å². The van der Waals surface area contributed by atoms with Crippen LogP contribution in [0.1, 0.15) is 83.9 Å². The molecular weight excluding hydrogens is 282 g/mol. The summed E-state index contributed by atoms with van der Waals surface area (Å²) in [4.78, 5) is 8.73. The molecule has 1 rings (SSSR count). The number of anilines is 1. The molecule has 0 bridgehead atoms. The van der Waals surface area contributed by atoms with Crippen LogP contribution in [-0.2, 0) is 0 Å². The molecule has 0 aliphatic heterocycles. The molecular formula is C17H30ClN3. The molecule has 1 N–H and O–H groups in total. The van der Waals surface area contributed by atoms with Crippen molar-refractivity contribution in [2.24, 2.45) is 0 Å². The van der Waals surface area contributed by atoms with Crippen LogP contribution in [0.5, 0.6) is 0 Å². The van der Waals surface area contributed by atoms with E-state index in [-0.39, 0.29) is 0 Å². The van der Waals surface area contributed by atoms with Gasteiger partial charge in [-0.2, -0.15) is 0 Å². The molecule has 0 fully saturated rings. The maximum absolute atomic E-state index is 6.03. The summed E-state index contributed by atoms with van der Waals surface area (Å²) in [6.45, 7) is 7.37. The van der Waals surface area contributed by atoms with Gasteiger partial charge in [-0.3, -0.25) is 0 Å². The van der Waals surface area contributed by atoms with Crippen LogP contribution in [0.4, 0.5) is 5.82 Å². The van der Waals surface area contributed by atoms with Crippen molar-refractivity contribution in [2.45, 2.75) is 78.1 Å². The average molecular weight is 312 g/mol. The number of aromatic nitrogens is 2. The fourth-order valence-corrected chi connectivity index (χ4v) is 2.45. The summed E-state index contributed by atoms with van der Waals surface area (Å²) in [5.41, 5.74) is 0. The predicted molar refractivity (Wildman–Crippen MR) is 92.2 cm³/mol. The van der Waals surface area contributed by atoms with Crippen molar-refractivity contribution in [1.29, 1.82) is 0 Å². The summed E-state index contributed by atoms with van der Waals surface area (Å²) in [6, 6.07) is 1.80. The van der Waals surface area contributed by atoms with Gasteiger partial charge in [-0.15, -0.1) is 0 Å². The van der Waals surface area contributed by atoms with Crippen molar-refractivity contribution in [3.8, 4) is 0 Å². The number of halogens is 1. The van der Waals surface area contributed by atoms with E-state index >= 15 is 0 Å². The number of nitrogens with one attached hydrogen (secondary N) is 1. The summed E-state index contributed by atoms with van der Waals surface area (Å²) in [5, 5.41) is 3.88. The van der Waals surface area contributed by atoms with Crippen LogP contribution in [0.3, 0.4) is 0 Å². The summed E-state index contributed by atoms with van der Waals surface area (Å²) in [6.07, 6.45) is 10.7. The van der Waals surface area contributed by atoms with Gasteiger partial charge in [0.15, 0.2) is 0 Å². The van der Waals surface area contributed by atoms with Crippen LogP contribution in [0.2, 0.25) is 5.15 Å². The molecule has 0 atom stereocenters. The van der Waals surface area contributed by atoms with Crippen molar-refractivity contribution in [1.82, 2.24) is 9.97 Å². The van der Waals surface area contributed by atoms with Gasteiger partial charge in [0.05, 0.1) is 0 Å². The zero-order valence-corrected chi connectivity index (χ0v) is 14.5. The minimum absolute atomic E-state index is 0.298. The van der Waals surface area contributed by atoms with Crippen LogP contribution in [0, 0.1) is 0 Å². The molecule has 1 aromatic heterocycles. The van der Waals surface area contributed by atoms with Gasteiger partial charge >= 0.3 is 0 Å². The van der Waals surface area contributed by atoms with Gasteiger partial charge in [0.1, 0.15) is 16.8 Å². The van der Waals surface area contributed by atoms with Crippen LogP contribution < -0.4 is 5.32 Å². The Kier molecular flexibility index (Phi) is 9.40. The maximum atomic E-state index is 6.03. The minimum Gasteiger partial charge on any atom is -0.370 e. The highest BCUT2D eigenvalue weighted by molar-refractivity contribution is 6.29. The smallest absolute Gasteiger partial charge is 0.135 e.